The standard InChI is InChI=1S/C13H18FNO2/c1-13(2,3)12(16)15-8-9-7-10(14)5-6-11(9)17-4/h5-7H,8H2,1-4H3,(H,15,16). The van der Waals surface area contributed by atoms with E-state index in [2.05, 4.69) is 5.32 Å². The van der Waals surface area contributed by atoms with E-state index in [1.807, 2.05) is 20.8 Å². The van der Waals surface area contributed by atoms with Gasteiger partial charge in [-0.1, -0.05) is 20.8 Å². The minimum Gasteiger partial charge on any atom is -0.496 e. The predicted octanol–water partition coefficient (Wildman–Crippen LogP) is 2.50. The number of hydrogen-bond acceptors (Lipinski definition) is 2. The maximum atomic E-state index is 13.1. The Balaban J connectivity index is 2.75. The van der Waals surface area contributed by atoms with Gasteiger partial charge in [0.15, 0.2) is 0 Å². The van der Waals surface area contributed by atoms with Gasteiger partial charge in [0.2, 0.25) is 5.91 Å². The van der Waals surface area contributed by atoms with Gasteiger partial charge in [0.05, 0.1) is 7.11 Å². The van der Waals surface area contributed by atoms with Gasteiger partial charge < -0.3 is 10.1 Å². The van der Waals surface area contributed by atoms with Gasteiger partial charge in [0, 0.05) is 17.5 Å². The van der Waals surface area contributed by atoms with Crippen molar-refractivity contribution in [2.24, 2.45) is 5.41 Å². The lowest BCUT2D eigenvalue weighted by molar-refractivity contribution is -0.128. The molecule has 0 aliphatic rings. The van der Waals surface area contributed by atoms with Crippen LogP contribution in [0.2, 0.25) is 0 Å². The van der Waals surface area contributed by atoms with Crippen LogP contribution in [0.15, 0.2) is 18.2 Å². The molecule has 1 aromatic carbocycles. The second kappa shape index (κ2) is 5.17. The fourth-order valence-electron chi connectivity index (χ4n) is 1.33. The fraction of sp³-hybridized carbons (Fsp3) is 0.462. The van der Waals surface area contributed by atoms with Crippen LogP contribution in [0.4, 0.5) is 4.39 Å². The number of benzene rings is 1. The Morgan fingerprint density at radius 1 is 1.41 bits per heavy atom. The van der Waals surface area contributed by atoms with Crippen molar-refractivity contribution < 1.29 is 13.9 Å². The highest BCUT2D eigenvalue weighted by atomic mass is 19.1. The van der Waals surface area contributed by atoms with Crippen LogP contribution in [0.1, 0.15) is 26.3 Å². The first-order valence-corrected chi connectivity index (χ1v) is 5.45. The van der Waals surface area contributed by atoms with Gasteiger partial charge in [0.1, 0.15) is 11.6 Å². The third kappa shape index (κ3) is 3.73. The van der Waals surface area contributed by atoms with Gasteiger partial charge in [-0.2, -0.15) is 0 Å². The van der Waals surface area contributed by atoms with E-state index in [1.54, 1.807) is 6.07 Å². The monoisotopic (exact) mass is 239 g/mol. The van der Waals surface area contributed by atoms with Crippen molar-refractivity contribution in [2.45, 2.75) is 27.3 Å². The predicted molar refractivity (Wildman–Crippen MR) is 64.3 cm³/mol. The minimum absolute atomic E-state index is 0.0798. The number of nitrogens with one attached hydrogen (secondary N) is 1. The smallest absolute Gasteiger partial charge is 0.225 e. The molecule has 4 heteroatoms. The Labute approximate surface area is 101 Å². The number of rotatable bonds is 3. The van der Waals surface area contributed by atoms with E-state index in [1.165, 1.54) is 19.2 Å². The van der Waals surface area contributed by atoms with E-state index in [9.17, 15) is 9.18 Å². The largest absolute Gasteiger partial charge is 0.496 e. The van der Waals surface area contributed by atoms with Crippen LogP contribution in [-0.4, -0.2) is 13.0 Å². The maximum Gasteiger partial charge on any atom is 0.225 e. The lowest BCUT2D eigenvalue weighted by atomic mass is 9.95. The number of methoxy groups -OCH3 is 1. The second-order valence-corrected chi connectivity index (χ2v) is 4.89. The molecule has 1 rings (SSSR count). The summed E-state index contributed by atoms with van der Waals surface area (Å²) in [4.78, 5) is 11.7. The average Bonchev–Trinajstić information content (AvgIpc) is 2.24. The summed E-state index contributed by atoms with van der Waals surface area (Å²) < 4.78 is 18.2. The molecule has 0 aliphatic heterocycles. The molecular formula is C13H18FNO2. The molecule has 1 aromatic rings. The van der Waals surface area contributed by atoms with Gasteiger partial charge in [-0.25, -0.2) is 4.39 Å². The van der Waals surface area contributed by atoms with E-state index in [0.717, 1.165) is 0 Å². The number of amides is 1. The van der Waals surface area contributed by atoms with Crippen LogP contribution in [-0.2, 0) is 11.3 Å². The lowest BCUT2D eigenvalue weighted by Crippen LogP contribution is -2.34. The zero-order valence-electron chi connectivity index (χ0n) is 10.6. The van der Waals surface area contributed by atoms with Crippen LogP contribution in [0.3, 0.4) is 0 Å². The first kappa shape index (κ1) is 13.5. The molecule has 0 aromatic heterocycles. The number of ether oxygens (including phenoxy) is 1. The van der Waals surface area contributed by atoms with Crippen molar-refractivity contribution >= 4 is 5.91 Å². The number of halogens is 1. The molecule has 0 radical (unpaired) electrons. The van der Waals surface area contributed by atoms with Crippen LogP contribution in [0.25, 0.3) is 0 Å². The Morgan fingerprint density at radius 2 is 2.06 bits per heavy atom. The molecule has 0 saturated heterocycles. The van der Waals surface area contributed by atoms with Gasteiger partial charge in [-0.3, -0.25) is 4.79 Å². The van der Waals surface area contributed by atoms with Gasteiger partial charge >= 0.3 is 0 Å². The molecule has 0 fully saturated rings. The first-order valence-electron chi connectivity index (χ1n) is 5.45. The van der Waals surface area contributed by atoms with Crippen LogP contribution in [0.5, 0.6) is 5.75 Å². The molecule has 0 unspecified atom stereocenters. The van der Waals surface area contributed by atoms with Crippen molar-refractivity contribution in [1.29, 1.82) is 0 Å². The number of hydrogen-bond donors (Lipinski definition) is 1. The Morgan fingerprint density at radius 3 is 2.59 bits per heavy atom. The van der Waals surface area contributed by atoms with E-state index in [0.29, 0.717) is 11.3 Å². The van der Waals surface area contributed by atoms with E-state index in [-0.39, 0.29) is 18.3 Å². The molecule has 17 heavy (non-hydrogen) atoms. The molecule has 1 N–H and O–H groups in total. The van der Waals surface area contributed by atoms with E-state index < -0.39 is 5.41 Å². The zero-order chi connectivity index (χ0) is 13.1. The van der Waals surface area contributed by atoms with Crippen LogP contribution >= 0.6 is 0 Å². The number of carbonyl (C=O) groups excluding carboxylic acids is 1. The maximum absolute atomic E-state index is 13.1. The quantitative estimate of drug-likeness (QED) is 0.880. The van der Waals surface area contributed by atoms with Crippen LogP contribution < -0.4 is 10.1 Å². The second-order valence-electron chi connectivity index (χ2n) is 4.89. The van der Waals surface area contributed by atoms with Crippen LogP contribution in [0, 0.1) is 11.2 Å². The molecule has 0 spiro atoms. The molecule has 0 aliphatic carbocycles. The summed E-state index contributed by atoms with van der Waals surface area (Å²) in [5.41, 5.74) is 0.172. The van der Waals surface area contributed by atoms with E-state index >= 15 is 0 Å². The molecule has 3 nitrogen and oxygen atoms in total. The van der Waals surface area contributed by atoms with E-state index in [4.69, 9.17) is 4.74 Å². The summed E-state index contributed by atoms with van der Waals surface area (Å²) >= 11 is 0. The van der Waals surface area contributed by atoms with Crippen molar-refractivity contribution in [2.75, 3.05) is 7.11 Å². The SMILES string of the molecule is COc1ccc(F)cc1CNC(=O)C(C)(C)C. The van der Waals surface area contributed by atoms with Crippen molar-refractivity contribution in [3.05, 3.63) is 29.6 Å². The Bertz CT molecular complexity index is 410. The molecule has 0 bridgehead atoms. The molecule has 1 amide bonds. The fourth-order valence-corrected chi connectivity index (χ4v) is 1.33. The topological polar surface area (TPSA) is 38.3 Å². The summed E-state index contributed by atoms with van der Waals surface area (Å²) in [6.07, 6.45) is 0. The molecule has 94 valence electrons. The Kier molecular flexibility index (Phi) is 4.10. The molecule has 0 heterocycles. The summed E-state index contributed by atoms with van der Waals surface area (Å²) in [6, 6.07) is 4.24. The lowest BCUT2D eigenvalue weighted by Gasteiger charge is -2.18. The van der Waals surface area contributed by atoms with Crippen molar-refractivity contribution in [3.8, 4) is 5.75 Å². The average molecular weight is 239 g/mol. The molecule has 0 saturated carbocycles. The Hall–Kier alpha value is -1.58. The van der Waals surface area contributed by atoms with Gasteiger partial charge in [0.25, 0.3) is 0 Å². The highest BCUT2D eigenvalue weighted by molar-refractivity contribution is 5.81. The number of carbonyl (C=O) groups is 1. The highest BCUT2D eigenvalue weighted by Crippen LogP contribution is 2.20. The van der Waals surface area contributed by atoms with Gasteiger partial charge in [-0.05, 0) is 18.2 Å². The third-order valence-electron chi connectivity index (χ3n) is 2.36. The van der Waals surface area contributed by atoms with Gasteiger partial charge in [-0.15, -0.1) is 0 Å². The first-order chi connectivity index (χ1) is 7.84. The van der Waals surface area contributed by atoms with Crippen molar-refractivity contribution in [3.63, 3.8) is 0 Å². The summed E-state index contributed by atoms with van der Waals surface area (Å²) in [7, 11) is 1.52. The summed E-state index contributed by atoms with van der Waals surface area (Å²) in [5, 5.41) is 2.76. The molecular weight excluding hydrogens is 221 g/mol. The third-order valence-corrected chi connectivity index (χ3v) is 2.36. The summed E-state index contributed by atoms with van der Waals surface area (Å²) in [5.74, 6) is 0.148. The summed E-state index contributed by atoms with van der Waals surface area (Å²) in [6.45, 7) is 5.73. The normalized spacial score (nSPS) is 11.1. The minimum atomic E-state index is -0.458. The van der Waals surface area contributed by atoms with Crippen molar-refractivity contribution in [1.82, 2.24) is 5.32 Å². The highest BCUT2D eigenvalue weighted by Gasteiger charge is 2.20. The zero-order valence-corrected chi connectivity index (χ0v) is 10.6. The molecule has 0 atom stereocenters.